The fourth-order valence-corrected chi connectivity index (χ4v) is 3.50. The second-order valence-corrected chi connectivity index (χ2v) is 7.15. The van der Waals surface area contributed by atoms with Crippen molar-refractivity contribution < 1.29 is 19.1 Å². The summed E-state index contributed by atoms with van der Waals surface area (Å²) in [5.41, 5.74) is -0.357. The summed E-state index contributed by atoms with van der Waals surface area (Å²) in [6.07, 6.45) is 1.99. The van der Waals surface area contributed by atoms with E-state index >= 15 is 0 Å². The van der Waals surface area contributed by atoms with Crippen LogP contribution in [0.3, 0.4) is 0 Å². The maximum absolute atomic E-state index is 12.9. The first-order valence-corrected chi connectivity index (χ1v) is 9.41. The number of nitrogens with zero attached hydrogens (tertiary/aromatic N) is 1. The van der Waals surface area contributed by atoms with Crippen molar-refractivity contribution in [1.29, 1.82) is 0 Å². The van der Waals surface area contributed by atoms with Gasteiger partial charge >= 0.3 is 0 Å². The second-order valence-electron chi connectivity index (χ2n) is 7.15. The van der Waals surface area contributed by atoms with Gasteiger partial charge in [0.2, 0.25) is 0 Å². The van der Waals surface area contributed by atoms with Crippen molar-refractivity contribution in [3.63, 3.8) is 0 Å². The number of likely N-dealkylation sites (tertiary alicyclic amines) is 1. The van der Waals surface area contributed by atoms with Crippen LogP contribution in [0.2, 0.25) is 0 Å². The Morgan fingerprint density at radius 3 is 2.93 bits per heavy atom. The van der Waals surface area contributed by atoms with E-state index in [4.69, 9.17) is 9.15 Å². The van der Waals surface area contributed by atoms with Gasteiger partial charge in [-0.05, 0) is 49.6 Å². The molecule has 1 aromatic carbocycles. The Labute approximate surface area is 160 Å². The number of furan rings is 1. The van der Waals surface area contributed by atoms with E-state index in [2.05, 4.69) is 5.32 Å². The van der Waals surface area contributed by atoms with Gasteiger partial charge in [-0.1, -0.05) is 12.1 Å². The number of piperidine rings is 1. The number of benzene rings is 1. The van der Waals surface area contributed by atoms with Gasteiger partial charge < -0.3 is 24.5 Å². The SMILES string of the molecule is COc1cccc(CN2CCC[C@](O)(CNCCc3ccc(C)o3)C2=O)c1. The highest BCUT2D eigenvalue weighted by Crippen LogP contribution is 2.24. The Bertz CT molecular complexity index is 773. The maximum atomic E-state index is 12.9. The molecule has 2 heterocycles. The minimum Gasteiger partial charge on any atom is -0.497 e. The molecular formula is C21H28N2O4. The highest BCUT2D eigenvalue weighted by atomic mass is 16.5. The van der Waals surface area contributed by atoms with E-state index in [0.29, 0.717) is 26.1 Å². The molecule has 1 aromatic heterocycles. The molecule has 6 heteroatoms. The molecule has 1 amide bonds. The third-order valence-electron chi connectivity index (χ3n) is 4.97. The van der Waals surface area contributed by atoms with Crippen LogP contribution < -0.4 is 10.1 Å². The zero-order valence-electron chi connectivity index (χ0n) is 16.0. The number of methoxy groups -OCH3 is 1. The largest absolute Gasteiger partial charge is 0.497 e. The van der Waals surface area contributed by atoms with E-state index in [1.54, 1.807) is 12.0 Å². The second kappa shape index (κ2) is 8.59. The van der Waals surface area contributed by atoms with Gasteiger partial charge in [-0.3, -0.25) is 4.79 Å². The number of nitrogens with one attached hydrogen (secondary N) is 1. The van der Waals surface area contributed by atoms with Crippen LogP contribution in [0.4, 0.5) is 0 Å². The number of carbonyl (C=O) groups excluding carboxylic acids is 1. The number of aryl methyl sites for hydroxylation is 1. The van der Waals surface area contributed by atoms with Crippen LogP contribution in [-0.4, -0.2) is 48.3 Å². The standard InChI is InChI=1S/C21H28N2O4/c1-16-7-8-18(27-16)9-11-22-15-21(25)10-4-12-23(20(21)24)14-17-5-3-6-19(13-17)26-2/h3,5-8,13,22,25H,4,9-12,14-15H2,1-2H3/t21-/m0/s1. The number of aliphatic hydroxyl groups is 1. The van der Waals surface area contributed by atoms with E-state index in [1.165, 1.54) is 0 Å². The summed E-state index contributed by atoms with van der Waals surface area (Å²) in [6, 6.07) is 11.6. The van der Waals surface area contributed by atoms with Gasteiger partial charge in [-0.15, -0.1) is 0 Å². The molecule has 0 bridgehead atoms. The molecule has 0 aliphatic carbocycles. The Kier molecular flexibility index (Phi) is 6.19. The lowest BCUT2D eigenvalue weighted by Gasteiger charge is -2.38. The first-order chi connectivity index (χ1) is 13.0. The zero-order chi connectivity index (χ0) is 19.3. The average Bonchev–Trinajstić information content (AvgIpc) is 3.08. The van der Waals surface area contributed by atoms with E-state index in [9.17, 15) is 9.90 Å². The molecule has 2 aromatic rings. The minimum atomic E-state index is -1.35. The first kappa shape index (κ1) is 19.5. The number of rotatable bonds is 8. The first-order valence-electron chi connectivity index (χ1n) is 9.41. The average molecular weight is 372 g/mol. The quantitative estimate of drug-likeness (QED) is 0.696. The number of ether oxygens (including phenoxy) is 1. The fourth-order valence-electron chi connectivity index (χ4n) is 3.50. The molecule has 1 fully saturated rings. The molecule has 0 unspecified atom stereocenters. The van der Waals surface area contributed by atoms with Crippen molar-refractivity contribution >= 4 is 5.91 Å². The third kappa shape index (κ3) is 4.90. The maximum Gasteiger partial charge on any atom is 0.256 e. The van der Waals surface area contributed by atoms with Crippen LogP contribution >= 0.6 is 0 Å². The summed E-state index contributed by atoms with van der Waals surface area (Å²) in [5.74, 6) is 2.35. The summed E-state index contributed by atoms with van der Waals surface area (Å²) in [4.78, 5) is 14.6. The molecule has 0 saturated carbocycles. The lowest BCUT2D eigenvalue weighted by Crippen LogP contribution is -2.57. The molecule has 0 radical (unpaired) electrons. The van der Waals surface area contributed by atoms with Crippen LogP contribution in [0.1, 0.15) is 29.9 Å². The highest BCUT2D eigenvalue weighted by Gasteiger charge is 2.41. The number of hydrogen-bond donors (Lipinski definition) is 2. The Balaban J connectivity index is 1.54. The molecule has 6 nitrogen and oxygen atoms in total. The predicted octanol–water partition coefficient (Wildman–Crippen LogP) is 2.28. The third-order valence-corrected chi connectivity index (χ3v) is 4.97. The zero-order valence-corrected chi connectivity index (χ0v) is 16.0. The Hall–Kier alpha value is -2.31. The van der Waals surface area contributed by atoms with E-state index in [1.807, 2.05) is 43.3 Å². The van der Waals surface area contributed by atoms with Crippen LogP contribution in [0.5, 0.6) is 5.75 Å². The molecule has 1 saturated heterocycles. The summed E-state index contributed by atoms with van der Waals surface area (Å²) in [6.45, 7) is 3.95. The van der Waals surface area contributed by atoms with Crippen molar-refractivity contribution in [3.8, 4) is 5.75 Å². The summed E-state index contributed by atoms with van der Waals surface area (Å²) in [7, 11) is 1.62. The molecule has 0 spiro atoms. The summed E-state index contributed by atoms with van der Waals surface area (Å²) >= 11 is 0. The summed E-state index contributed by atoms with van der Waals surface area (Å²) < 4.78 is 10.8. The molecule has 146 valence electrons. The van der Waals surface area contributed by atoms with E-state index in [-0.39, 0.29) is 12.5 Å². The van der Waals surface area contributed by atoms with Crippen LogP contribution in [0.25, 0.3) is 0 Å². The number of hydrogen-bond acceptors (Lipinski definition) is 5. The molecular weight excluding hydrogens is 344 g/mol. The molecule has 1 aliphatic rings. The monoisotopic (exact) mass is 372 g/mol. The van der Waals surface area contributed by atoms with Crippen LogP contribution in [-0.2, 0) is 17.8 Å². The molecule has 1 atom stereocenters. The van der Waals surface area contributed by atoms with Crippen LogP contribution in [0.15, 0.2) is 40.8 Å². The van der Waals surface area contributed by atoms with Crippen molar-refractivity contribution in [3.05, 3.63) is 53.5 Å². The van der Waals surface area contributed by atoms with E-state index in [0.717, 1.165) is 35.7 Å². The van der Waals surface area contributed by atoms with Crippen molar-refractivity contribution in [1.82, 2.24) is 10.2 Å². The predicted molar refractivity (Wildman–Crippen MR) is 103 cm³/mol. The number of carbonyl (C=O) groups is 1. The number of amides is 1. The topological polar surface area (TPSA) is 74.9 Å². The van der Waals surface area contributed by atoms with Crippen molar-refractivity contribution in [2.75, 3.05) is 26.7 Å². The van der Waals surface area contributed by atoms with Gasteiger partial charge in [0.1, 0.15) is 17.3 Å². The lowest BCUT2D eigenvalue weighted by atomic mass is 9.91. The summed E-state index contributed by atoms with van der Waals surface area (Å²) in [5, 5.41) is 14.1. The van der Waals surface area contributed by atoms with E-state index < -0.39 is 5.60 Å². The van der Waals surface area contributed by atoms with Gasteiger partial charge in [0, 0.05) is 32.6 Å². The van der Waals surface area contributed by atoms with Gasteiger partial charge in [0.25, 0.3) is 5.91 Å². The molecule has 2 N–H and O–H groups in total. The normalized spacial score (nSPS) is 20.1. The smallest absolute Gasteiger partial charge is 0.256 e. The molecule has 1 aliphatic heterocycles. The van der Waals surface area contributed by atoms with Crippen molar-refractivity contribution in [2.24, 2.45) is 0 Å². The molecule has 27 heavy (non-hydrogen) atoms. The Morgan fingerprint density at radius 2 is 2.19 bits per heavy atom. The minimum absolute atomic E-state index is 0.210. The lowest BCUT2D eigenvalue weighted by molar-refractivity contribution is -0.157. The fraction of sp³-hybridized carbons (Fsp3) is 0.476. The van der Waals surface area contributed by atoms with Gasteiger partial charge in [0.15, 0.2) is 5.60 Å². The van der Waals surface area contributed by atoms with Gasteiger partial charge in [0.05, 0.1) is 7.11 Å². The van der Waals surface area contributed by atoms with Crippen LogP contribution in [0, 0.1) is 6.92 Å². The Morgan fingerprint density at radius 1 is 1.33 bits per heavy atom. The molecule has 3 rings (SSSR count). The van der Waals surface area contributed by atoms with Gasteiger partial charge in [-0.25, -0.2) is 0 Å². The highest BCUT2D eigenvalue weighted by molar-refractivity contribution is 5.86. The van der Waals surface area contributed by atoms with Gasteiger partial charge in [-0.2, -0.15) is 0 Å². The van der Waals surface area contributed by atoms with Crippen molar-refractivity contribution in [2.45, 2.75) is 38.3 Å².